The number of anilines is 1. The van der Waals surface area contributed by atoms with E-state index in [1.54, 1.807) is 20.8 Å². The number of carbonyl (C=O) groups excluding carboxylic acids is 1. The summed E-state index contributed by atoms with van der Waals surface area (Å²) in [6.07, 6.45) is 1.83. The van der Waals surface area contributed by atoms with E-state index in [1.165, 1.54) is 0 Å². The Labute approximate surface area is 125 Å². The van der Waals surface area contributed by atoms with Crippen molar-refractivity contribution in [1.82, 2.24) is 5.32 Å². The minimum atomic E-state index is -1.04. The Balaban J connectivity index is 2.80. The summed E-state index contributed by atoms with van der Waals surface area (Å²) < 4.78 is 0. The molecule has 5 nitrogen and oxygen atoms in total. The monoisotopic (exact) mass is 292 g/mol. The van der Waals surface area contributed by atoms with Gasteiger partial charge >= 0.3 is 12.0 Å². The first-order valence-electron chi connectivity index (χ1n) is 7.14. The van der Waals surface area contributed by atoms with Crippen LogP contribution >= 0.6 is 0 Å². The normalized spacial score (nSPS) is 12.6. The van der Waals surface area contributed by atoms with Crippen molar-refractivity contribution in [3.05, 3.63) is 29.8 Å². The lowest BCUT2D eigenvalue weighted by Crippen LogP contribution is -2.50. The zero-order valence-corrected chi connectivity index (χ0v) is 13.1. The van der Waals surface area contributed by atoms with E-state index in [9.17, 15) is 14.7 Å². The van der Waals surface area contributed by atoms with Gasteiger partial charge in [0, 0.05) is 5.69 Å². The number of para-hydroxylation sites is 1. The van der Waals surface area contributed by atoms with E-state index < -0.39 is 23.5 Å². The molecule has 0 unspecified atom stereocenters. The van der Waals surface area contributed by atoms with Crippen LogP contribution in [0.4, 0.5) is 10.5 Å². The number of rotatable bonds is 5. The highest BCUT2D eigenvalue weighted by Gasteiger charge is 2.32. The van der Waals surface area contributed by atoms with E-state index >= 15 is 0 Å². The number of hydrogen-bond donors (Lipinski definition) is 3. The second-order valence-electron chi connectivity index (χ2n) is 6.14. The third-order valence-corrected chi connectivity index (χ3v) is 3.17. The van der Waals surface area contributed by atoms with E-state index in [4.69, 9.17) is 0 Å². The van der Waals surface area contributed by atoms with Gasteiger partial charge in [-0.15, -0.1) is 0 Å². The van der Waals surface area contributed by atoms with Gasteiger partial charge in [0.1, 0.15) is 6.04 Å². The second kappa shape index (κ2) is 7.11. The van der Waals surface area contributed by atoms with Crippen LogP contribution in [0.3, 0.4) is 0 Å². The van der Waals surface area contributed by atoms with Crippen molar-refractivity contribution in [3.8, 4) is 0 Å². The number of carboxylic acids is 1. The Morgan fingerprint density at radius 1 is 1.24 bits per heavy atom. The molecule has 0 spiro atoms. The maximum atomic E-state index is 12.0. The quantitative estimate of drug-likeness (QED) is 0.779. The molecule has 0 fully saturated rings. The van der Waals surface area contributed by atoms with Crippen LogP contribution in [0.25, 0.3) is 0 Å². The maximum Gasteiger partial charge on any atom is 0.326 e. The molecule has 0 aliphatic rings. The average Bonchev–Trinajstić information content (AvgIpc) is 2.37. The minimum absolute atomic E-state index is 0.499. The lowest BCUT2D eigenvalue weighted by atomic mass is 9.87. The molecule has 21 heavy (non-hydrogen) atoms. The predicted octanol–water partition coefficient (Wildman–Crippen LogP) is 3.26. The SMILES string of the molecule is CCCc1ccccc1NC(=O)N[C@@H](C(=O)O)C(C)(C)C. The van der Waals surface area contributed by atoms with Gasteiger partial charge in [-0.25, -0.2) is 9.59 Å². The largest absolute Gasteiger partial charge is 0.480 e. The molecule has 1 aromatic carbocycles. The molecule has 5 heteroatoms. The summed E-state index contributed by atoms with van der Waals surface area (Å²) in [5.74, 6) is -1.04. The van der Waals surface area contributed by atoms with Crippen LogP contribution < -0.4 is 10.6 Å². The lowest BCUT2D eigenvalue weighted by Gasteiger charge is -2.27. The number of carbonyl (C=O) groups is 2. The molecule has 0 aliphatic heterocycles. The van der Waals surface area contributed by atoms with Gasteiger partial charge in [0.2, 0.25) is 0 Å². The molecular formula is C16H24N2O3. The van der Waals surface area contributed by atoms with Crippen molar-refractivity contribution in [1.29, 1.82) is 0 Å². The molecule has 0 saturated carbocycles. The van der Waals surface area contributed by atoms with Crippen molar-refractivity contribution in [3.63, 3.8) is 0 Å². The topological polar surface area (TPSA) is 78.4 Å². The zero-order chi connectivity index (χ0) is 16.0. The predicted molar refractivity (Wildman–Crippen MR) is 83.5 cm³/mol. The average molecular weight is 292 g/mol. The zero-order valence-electron chi connectivity index (χ0n) is 13.1. The summed E-state index contributed by atoms with van der Waals surface area (Å²) in [5, 5.41) is 14.5. The first kappa shape index (κ1) is 17.0. The summed E-state index contributed by atoms with van der Waals surface area (Å²) in [5.41, 5.74) is 1.19. The molecule has 1 rings (SSSR count). The van der Waals surface area contributed by atoms with Gasteiger partial charge in [-0.2, -0.15) is 0 Å². The van der Waals surface area contributed by atoms with E-state index in [-0.39, 0.29) is 0 Å². The molecule has 1 aromatic rings. The maximum absolute atomic E-state index is 12.0. The van der Waals surface area contributed by atoms with Crippen LogP contribution in [0.1, 0.15) is 39.7 Å². The molecule has 0 saturated heterocycles. The standard InChI is InChI=1S/C16H24N2O3/c1-5-8-11-9-6-7-10-12(11)17-15(21)18-13(14(19)20)16(2,3)4/h6-7,9-10,13H,5,8H2,1-4H3,(H,19,20)(H2,17,18,21)/t13-/m0/s1. The van der Waals surface area contributed by atoms with Gasteiger partial charge < -0.3 is 15.7 Å². The fourth-order valence-electron chi connectivity index (χ4n) is 2.07. The van der Waals surface area contributed by atoms with Crippen molar-refractivity contribution < 1.29 is 14.7 Å². The van der Waals surface area contributed by atoms with Crippen LogP contribution in [0.15, 0.2) is 24.3 Å². The highest BCUT2D eigenvalue weighted by Crippen LogP contribution is 2.20. The summed E-state index contributed by atoms with van der Waals surface area (Å²) in [7, 11) is 0. The van der Waals surface area contributed by atoms with Crippen molar-refractivity contribution in [2.24, 2.45) is 5.41 Å². The number of hydrogen-bond acceptors (Lipinski definition) is 2. The fraction of sp³-hybridized carbons (Fsp3) is 0.500. The van der Waals surface area contributed by atoms with Gasteiger partial charge in [0.15, 0.2) is 0 Å². The number of nitrogens with one attached hydrogen (secondary N) is 2. The van der Waals surface area contributed by atoms with Gasteiger partial charge in [-0.05, 0) is 23.5 Å². The smallest absolute Gasteiger partial charge is 0.326 e. The summed E-state index contributed by atoms with van der Waals surface area (Å²) in [6, 6.07) is 6.09. The number of aryl methyl sites for hydroxylation is 1. The molecule has 0 heterocycles. The summed E-state index contributed by atoms with van der Waals surface area (Å²) in [4.78, 5) is 23.3. The fourth-order valence-corrected chi connectivity index (χ4v) is 2.07. The third kappa shape index (κ3) is 5.10. The summed E-state index contributed by atoms with van der Waals surface area (Å²) >= 11 is 0. The van der Waals surface area contributed by atoms with Crippen LogP contribution in [0.5, 0.6) is 0 Å². The Bertz CT molecular complexity index is 506. The first-order valence-corrected chi connectivity index (χ1v) is 7.14. The number of amides is 2. The Morgan fingerprint density at radius 3 is 2.38 bits per heavy atom. The second-order valence-corrected chi connectivity index (χ2v) is 6.14. The van der Waals surface area contributed by atoms with Crippen LogP contribution in [0, 0.1) is 5.41 Å². The van der Waals surface area contributed by atoms with Crippen LogP contribution in [0.2, 0.25) is 0 Å². The van der Waals surface area contributed by atoms with E-state index in [0.717, 1.165) is 24.1 Å². The molecule has 0 bridgehead atoms. The number of aliphatic carboxylic acids is 1. The molecular weight excluding hydrogens is 268 g/mol. The highest BCUT2D eigenvalue weighted by molar-refractivity contribution is 5.93. The first-order chi connectivity index (χ1) is 9.75. The van der Waals surface area contributed by atoms with E-state index in [0.29, 0.717) is 0 Å². The van der Waals surface area contributed by atoms with Crippen molar-refractivity contribution in [2.45, 2.75) is 46.6 Å². The Morgan fingerprint density at radius 2 is 1.86 bits per heavy atom. The molecule has 3 N–H and O–H groups in total. The molecule has 0 aromatic heterocycles. The lowest BCUT2D eigenvalue weighted by molar-refractivity contribution is -0.141. The number of urea groups is 1. The van der Waals surface area contributed by atoms with Gasteiger partial charge in [0.25, 0.3) is 0 Å². The third-order valence-electron chi connectivity index (χ3n) is 3.17. The molecule has 0 radical (unpaired) electrons. The van der Waals surface area contributed by atoms with Crippen LogP contribution in [-0.2, 0) is 11.2 Å². The molecule has 0 aliphatic carbocycles. The molecule has 1 atom stereocenters. The molecule has 2 amide bonds. The number of benzene rings is 1. The minimum Gasteiger partial charge on any atom is -0.480 e. The Hall–Kier alpha value is -2.04. The van der Waals surface area contributed by atoms with E-state index in [2.05, 4.69) is 17.6 Å². The molecule has 116 valence electrons. The van der Waals surface area contributed by atoms with Gasteiger partial charge in [0.05, 0.1) is 0 Å². The number of carboxylic acid groups (broad SMARTS) is 1. The van der Waals surface area contributed by atoms with Crippen LogP contribution in [-0.4, -0.2) is 23.1 Å². The van der Waals surface area contributed by atoms with E-state index in [1.807, 2.05) is 24.3 Å². The Kier molecular flexibility index (Phi) is 5.76. The van der Waals surface area contributed by atoms with Gasteiger partial charge in [-0.3, -0.25) is 0 Å². The highest BCUT2D eigenvalue weighted by atomic mass is 16.4. The summed E-state index contributed by atoms with van der Waals surface area (Å²) in [6.45, 7) is 7.39. The van der Waals surface area contributed by atoms with Crippen molar-refractivity contribution in [2.75, 3.05) is 5.32 Å². The van der Waals surface area contributed by atoms with Crippen molar-refractivity contribution >= 4 is 17.7 Å². The van der Waals surface area contributed by atoms with Gasteiger partial charge in [-0.1, -0.05) is 52.3 Å².